The second-order valence-electron chi connectivity index (χ2n) is 13.2. The zero-order chi connectivity index (χ0) is 25.3. The molecule has 0 radical (unpaired) electrons. The van der Waals surface area contributed by atoms with Crippen molar-refractivity contribution in [3.63, 3.8) is 0 Å². The summed E-state index contributed by atoms with van der Waals surface area (Å²) in [4.78, 5) is 0. The van der Waals surface area contributed by atoms with Crippen LogP contribution in [-0.4, -0.2) is 47.8 Å². The van der Waals surface area contributed by atoms with Crippen LogP contribution >= 0.6 is 17.2 Å². The van der Waals surface area contributed by atoms with E-state index >= 15 is 0 Å². The largest absolute Gasteiger partial charge is 0.316 e. The van der Waals surface area contributed by atoms with Crippen molar-refractivity contribution in [3.05, 3.63) is 53.6 Å². The minimum atomic E-state index is -0.176. The third-order valence-corrected chi connectivity index (χ3v) is 13.9. The molecule has 1 aliphatic carbocycles. The van der Waals surface area contributed by atoms with Gasteiger partial charge in [0.25, 0.3) is 0 Å². The van der Waals surface area contributed by atoms with Crippen LogP contribution in [0.2, 0.25) is 0 Å². The molecule has 0 amide bonds. The average Bonchev–Trinajstić information content (AvgIpc) is 3.27. The maximum Gasteiger partial charge on any atom is 0.0146 e. The smallest absolute Gasteiger partial charge is 0.0146 e. The van der Waals surface area contributed by atoms with Gasteiger partial charge in [-0.15, -0.1) is 9.24 Å². The van der Waals surface area contributed by atoms with E-state index in [2.05, 4.69) is 104 Å². The molecule has 2 fully saturated rings. The molecule has 4 unspecified atom stereocenters. The monoisotopic (exact) mass is 512 g/mol. The predicted octanol–water partition coefficient (Wildman–Crippen LogP) is 7.32. The lowest BCUT2D eigenvalue weighted by molar-refractivity contribution is 0.213. The molecule has 0 bridgehead atoms. The lowest BCUT2D eigenvalue weighted by atomic mass is 9.68. The Balaban J connectivity index is 1.79. The van der Waals surface area contributed by atoms with Crippen LogP contribution < -0.4 is 10.6 Å². The third kappa shape index (κ3) is 6.14. The molecule has 35 heavy (non-hydrogen) atoms. The summed E-state index contributed by atoms with van der Waals surface area (Å²) in [6, 6.07) is 11.1. The second kappa shape index (κ2) is 11.1. The van der Waals surface area contributed by atoms with Gasteiger partial charge in [0.1, 0.15) is 0 Å². The number of allylic oxidation sites excluding steroid dienone is 4. The number of hydrogen-bond donors (Lipinski definition) is 2. The van der Waals surface area contributed by atoms with E-state index in [0.29, 0.717) is 28.1 Å². The highest BCUT2D eigenvalue weighted by Gasteiger charge is 2.49. The summed E-state index contributed by atoms with van der Waals surface area (Å²) in [6.45, 7) is 19.5. The fraction of sp³-hybridized carbons (Fsp3) is 0.677. The SMILES string of the molecule is CC(C)(C)P(CC1C=C(c2ccccc2)C=C1C(P)(C1CCCNC1)C1CCCNC1)C(C)(C)C. The Hall–Kier alpha value is -0.520. The van der Waals surface area contributed by atoms with Crippen LogP contribution in [0.5, 0.6) is 0 Å². The van der Waals surface area contributed by atoms with E-state index in [-0.39, 0.29) is 13.1 Å². The first-order valence-corrected chi connectivity index (χ1v) is 16.1. The van der Waals surface area contributed by atoms with Gasteiger partial charge in [0.15, 0.2) is 0 Å². The summed E-state index contributed by atoms with van der Waals surface area (Å²) in [7, 11) is 3.35. The standard InChI is InChI=1S/C31H50N2P2/c1-29(2,3)35(30(4,5)6)22-25-18-24(23-12-8-7-9-13-23)19-28(25)31(34,26-14-10-16-32-20-26)27-15-11-17-33-21-27/h7-9,12-13,18-19,25-27,32-33H,10-11,14-17,20-22,34H2,1-6H3. The number of rotatable bonds is 6. The van der Waals surface area contributed by atoms with Crippen LogP contribution in [0.1, 0.15) is 72.8 Å². The summed E-state index contributed by atoms with van der Waals surface area (Å²) in [6.07, 6.45) is 11.9. The van der Waals surface area contributed by atoms with E-state index < -0.39 is 0 Å². The molecule has 2 N–H and O–H groups in total. The maximum absolute atomic E-state index is 3.78. The Morgan fingerprint density at radius 1 is 0.857 bits per heavy atom. The van der Waals surface area contributed by atoms with Crippen molar-refractivity contribution in [2.24, 2.45) is 17.8 Å². The summed E-state index contributed by atoms with van der Waals surface area (Å²) < 4.78 is 0. The van der Waals surface area contributed by atoms with E-state index in [1.54, 1.807) is 5.57 Å². The van der Waals surface area contributed by atoms with Gasteiger partial charge >= 0.3 is 0 Å². The van der Waals surface area contributed by atoms with Gasteiger partial charge in [-0.2, -0.15) is 0 Å². The van der Waals surface area contributed by atoms with Crippen molar-refractivity contribution in [3.8, 4) is 0 Å². The predicted molar refractivity (Wildman–Crippen MR) is 161 cm³/mol. The molecule has 4 atom stereocenters. The van der Waals surface area contributed by atoms with Gasteiger partial charge < -0.3 is 10.6 Å². The van der Waals surface area contributed by atoms with Crippen molar-refractivity contribution in [1.29, 1.82) is 0 Å². The normalized spacial score (nSPS) is 27.9. The molecule has 0 saturated carbocycles. The number of benzene rings is 1. The van der Waals surface area contributed by atoms with Crippen LogP contribution in [0, 0.1) is 17.8 Å². The van der Waals surface area contributed by atoms with E-state index in [4.69, 9.17) is 0 Å². The highest BCUT2D eigenvalue weighted by molar-refractivity contribution is 7.60. The Labute approximate surface area is 219 Å². The Morgan fingerprint density at radius 3 is 1.86 bits per heavy atom. The van der Waals surface area contributed by atoms with E-state index in [9.17, 15) is 0 Å². The van der Waals surface area contributed by atoms with Crippen molar-refractivity contribution in [2.45, 2.75) is 82.7 Å². The van der Waals surface area contributed by atoms with E-state index in [0.717, 1.165) is 13.1 Å². The number of hydrogen-bond acceptors (Lipinski definition) is 2. The molecule has 2 aliphatic heterocycles. The van der Waals surface area contributed by atoms with Crippen LogP contribution in [0.3, 0.4) is 0 Å². The topological polar surface area (TPSA) is 24.1 Å². The summed E-state index contributed by atoms with van der Waals surface area (Å²) in [5.41, 5.74) is 4.53. The van der Waals surface area contributed by atoms with Gasteiger partial charge in [-0.1, -0.05) is 97.5 Å². The van der Waals surface area contributed by atoms with Gasteiger partial charge in [-0.3, -0.25) is 0 Å². The molecule has 0 spiro atoms. The Bertz CT molecular complexity index is 862. The minimum Gasteiger partial charge on any atom is -0.316 e. The molecule has 1 aromatic carbocycles. The Morgan fingerprint density at radius 2 is 1.40 bits per heavy atom. The fourth-order valence-electron chi connectivity index (χ4n) is 7.11. The quantitative estimate of drug-likeness (QED) is 0.390. The molecular weight excluding hydrogens is 462 g/mol. The average molecular weight is 513 g/mol. The lowest BCUT2D eigenvalue weighted by Crippen LogP contribution is -2.53. The summed E-state index contributed by atoms with van der Waals surface area (Å²) >= 11 is 0. The molecular formula is C31H50N2P2. The molecule has 4 heteroatoms. The van der Waals surface area contributed by atoms with Gasteiger partial charge in [0.2, 0.25) is 0 Å². The molecule has 3 aliphatic rings. The molecule has 2 heterocycles. The van der Waals surface area contributed by atoms with E-state index in [1.807, 2.05) is 0 Å². The van der Waals surface area contributed by atoms with Crippen LogP contribution in [0.4, 0.5) is 0 Å². The van der Waals surface area contributed by atoms with Crippen LogP contribution in [0.15, 0.2) is 48.1 Å². The maximum atomic E-state index is 3.78. The van der Waals surface area contributed by atoms with E-state index in [1.165, 1.54) is 56.1 Å². The molecule has 0 aromatic heterocycles. The second-order valence-corrected chi connectivity index (χ2v) is 18.0. The first kappa shape index (κ1) is 27.5. The van der Waals surface area contributed by atoms with Crippen molar-refractivity contribution in [1.82, 2.24) is 10.6 Å². The number of piperidine rings is 2. The fourth-order valence-corrected chi connectivity index (χ4v) is 11.8. The minimum absolute atomic E-state index is 0.148. The van der Waals surface area contributed by atoms with Crippen molar-refractivity contribution in [2.75, 3.05) is 32.3 Å². The summed E-state index contributed by atoms with van der Waals surface area (Å²) in [5.74, 6) is 1.88. The highest BCUT2D eigenvalue weighted by Crippen LogP contribution is 2.63. The molecule has 1 aromatic rings. The van der Waals surface area contributed by atoms with Crippen LogP contribution in [0.25, 0.3) is 5.57 Å². The van der Waals surface area contributed by atoms with Gasteiger partial charge in [0, 0.05) is 11.1 Å². The highest BCUT2D eigenvalue weighted by atomic mass is 31.1. The first-order chi connectivity index (χ1) is 16.5. The van der Waals surface area contributed by atoms with Gasteiger partial charge in [-0.25, -0.2) is 0 Å². The molecule has 2 nitrogen and oxygen atoms in total. The van der Waals surface area contributed by atoms with Gasteiger partial charge in [-0.05, 0) is 91.3 Å². The summed E-state index contributed by atoms with van der Waals surface area (Å²) in [5, 5.41) is 8.38. The zero-order valence-electron chi connectivity index (χ0n) is 23.2. The molecule has 4 rings (SSSR count). The lowest BCUT2D eigenvalue weighted by Gasteiger charge is -2.51. The molecule has 2 saturated heterocycles. The Kier molecular flexibility index (Phi) is 8.70. The van der Waals surface area contributed by atoms with Crippen LogP contribution in [-0.2, 0) is 0 Å². The third-order valence-electron chi connectivity index (χ3n) is 8.64. The number of nitrogens with one attached hydrogen (secondary N) is 2. The zero-order valence-corrected chi connectivity index (χ0v) is 25.2. The molecule has 194 valence electrons. The van der Waals surface area contributed by atoms with Gasteiger partial charge in [0.05, 0.1) is 0 Å². The van der Waals surface area contributed by atoms with Crippen molar-refractivity contribution >= 4 is 22.7 Å². The first-order valence-electron chi connectivity index (χ1n) is 14.0. The van der Waals surface area contributed by atoms with Crippen molar-refractivity contribution < 1.29 is 0 Å².